The lowest BCUT2D eigenvalue weighted by molar-refractivity contribution is 0.433. The van der Waals surface area contributed by atoms with Crippen molar-refractivity contribution in [1.29, 1.82) is 0 Å². The minimum Gasteiger partial charge on any atom is -0.505 e. The summed E-state index contributed by atoms with van der Waals surface area (Å²) >= 11 is 0. The van der Waals surface area contributed by atoms with Crippen molar-refractivity contribution in [3.05, 3.63) is 24.0 Å². The Labute approximate surface area is 65.5 Å². The Bertz CT molecular complexity index is 225. The Hall–Kier alpha value is -1.25. The lowest BCUT2D eigenvalue weighted by atomic mass is 10.3. The van der Waals surface area contributed by atoms with E-state index < -0.39 is 11.6 Å². The molecule has 0 spiro atoms. The Kier molecular flexibility index (Phi) is 4.03. The van der Waals surface area contributed by atoms with Crippen LogP contribution < -0.4 is 5.73 Å². The van der Waals surface area contributed by atoms with Crippen LogP contribution in [0.3, 0.4) is 0 Å². The monoisotopic (exact) mass is 157 g/mol. The van der Waals surface area contributed by atoms with E-state index in [1.165, 1.54) is 6.07 Å². The molecule has 1 aromatic rings. The first kappa shape index (κ1) is 9.75. The molecule has 0 aliphatic carbocycles. The SMILES string of the molecule is CC.Nc1ccc(F)c(O)c1. The van der Waals surface area contributed by atoms with Crippen LogP contribution in [-0.4, -0.2) is 5.11 Å². The summed E-state index contributed by atoms with van der Waals surface area (Å²) in [4.78, 5) is 0. The highest BCUT2D eigenvalue weighted by Crippen LogP contribution is 2.17. The highest BCUT2D eigenvalue weighted by Gasteiger charge is 1.96. The van der Waals surface area contributed by atoms with Gasteiger partial charge in [0.05, 0.1) is 0 Å². The fraction of sp³-hybridized carbons (Fsp3) is 0.250. The molecule has 11 heavy (non-hydrogen) atoms. The quantitative estimate of drug-likeness (QED) is 0.567. The first-order valence-electron chi connectivity index (χ1n) is 3.44. The van der Waals surface area contributed by atoms with Gasteiger partial charge >= 0.3 is 0 Å². The van der Waals surface area contributed by atoms with Gasteiger partial charge in [0.25, 0.3) is 0 Å². The number of hydrogen-bond donors (Lipinski definition) is 2. The van der Waals surface area contributed by atoms with Crippen molar-refractivity contribution in [2.45, 2.75) is 13.8 Å². The number of nitrogens with two attached hydrogens (primary N) is 1. The predicted molar refractivity (Wildman–Crippen MR) is 43.8 cm³/mol. The maximum atomic E-state index is 12.2. The molecular weight excluding hydrogens is 145 g/mol. The van der Waals surface area contributed by atoms with E-state index in [9.17, 15) is 4.39 Å². The summed E-state index contributed by atoms with van der Waals surface area (Å²) in [6.07, 6.45) is 0. The van der Waals surface area contributed by atoms with E-state index in [1.54, 1.807) is 0 Å². The highest BCUT2D eigenvalue weighted by atomic mass is 19.1. The molecule has 62 valence electrons. The van der Waals surface area contributed by atoms with Gasteiger partial charge in [0.1, 0.15) is 0 Å². The first-order chi connectivity index (χ1) is 5.20. The Morgan fingerprint density at radius 2 is 1.91 bits per heavy atom. The maximum absolute atomic E-state index is 12.2. The molecule has 3 N–H and O–H groups in total. The Morgan fingerprint density at radius 3 is 2.27 bits per heavy atom. The van der Waals surface area contributed by atoms with Crippen molar-refractivity contribution in [2.75, 3.05) is 5.73 Å². The van der Waals surface area contributed by atoms with Crippen LogP contribution in [0.15, 0.2) is 18.2 Å². The summed E-state index contributed by atoms with van der Waals surface area (Å²) in [6, 6.07) is 3.66. The van der Waals surface area contributed by atoms with Crippen molar-refractivity contribution in [3.8, 4) is 5.75 Å². The smallest absolute Gasteiger partial charge is 0.164 e. The van der Waals surface area contributed by atoms with Crippen LogP contribution in [0.1, 0.15) is 13.8 Å². The number of phenols is 1. The van der Waals surface area contributed by atoms with E-state index in [-0.39, 0.29) is 0 Å². The van der Waals surface area contributed by atoms with E-state index in [2.05, 4.69) is 0 Å². The summed E-state index contributed by atoms with van der Waals surface area (Å²) in [5.41, 5.74) is 5.56. The predicted octanol–water partition coefficient (Wildman–Crippen LogP) is 2.14. The summed E-state index contributed by atoms with van der Waals surface area (Å²) in [6.45, 7) is 4.00. The highest BCUT2D eigenvalue weighted by molar-refractivity contribution is 5.43. The third-order valence-electron chi connectivity index (χ3n) is 0.970. The van der Waals surface area contributed by atoms with E-state index >= 15 is 0 Å². The van der Waals surface area contributed by atoms with Crippen LogP contribution in [0.25, 0.3) is 0 Å². The molecule has 0 radical (unpaired) electrons. The van der Waals surface area contributed by atoms with E-state index in [1.807, 2.05) is 13.8 Å². The average molecular weight is 157 g/mol. The molecular formula is C8H12FNO. The molecule has 0 bridgehead atoms. The normalized spacial score (nSPS) is 8.27. The standard InChI is InChI=1S/C6H6FNO.C2H6/c7-5-2-1-4(8)3-6(5)9;1-2/h1-3,9H,8H2;1-2H3. The number of hydrogen-bond acceptors (Lipinski definition) is 2. The van der Waals surface area contributed by atoms with Gasteiger partial charge in [0, 0.05) is 11.8 Å². The van der Waals surface area contributed by atoms with E-state index in [4.69, 9.17) is 10.8 Å². The zero-order valence-electron chi connectivity index (χ0n) is 6.63. The number of rotatable bonds is 0. The molecule has 0 amide bonds. The summed E-state index contributed by atoms with van der Waals surface area (Å²) in [5, 5.41) is 8.65. The van der Waals surface area contributed by atoms with Crippen molar-refractivity contribution < 1.29 is 9.50 Å². The molecule has 2 nitrogen and oxygen atoms in total. The van der Waals surface area contributed by atoms with Gasteiger partial charge in [-0.25, -0.2) is 4.39 Å². The van der Waals surface area contributed by atoms with Crippen LogP contribution in [0.4, 0.5) is 10.1 Å². The number of halogens is 1. The molecule has 1 rings (SSSR count). The molecule has 0 saturated heterocycles. The lowest BCUT2D eigenvalue weighted by Gasteiger charge is -1.94. The topological polar surface area (TPSA) is 46.2 Å². The fourth-order valence-corrected chi connectivity index (χ4v) is 0.530. The van der Waals surface area contributed by atoms with Crippen LogP contribution in [-0.2, 0) is 0 Å². The molecule has 0 saturated carbocycles. The molecule has 0 atom stereocenters. The largest absolute Gasteiger partial charge is 0.505 e. The molecule has 0 fully saturated rings. The zero-order chi connectivity index (χ0) is 8.85. The second-order valence-electron chi connectivity index (χ2n) is 1.71. The molecule has 0 aliphatic heterocycles. The number of anilines is 1. The van der Waals surface area contributed by atoms with Gasteiger partial charge in [0.2, 0.25) is 0 Å². The number of nitrogen functional groups attached to an aromatic ring is 1. The minimum atomic E-state index is -0.649. The molecule has 3 heteroatoms. The number of aromatic hydroxyl groups is 1. The van der Waals surface area contributed by atoms with Crippen LogP contribution in [0, 0.1) is 5.82 Å². The Morgan fingerprint density at radius 1 is 1.36 bits per heavy atom. The van der Waals surface area contributed by atoms with Gasteiger partial charge in [-0.3, -0.25) is 0 Å². The average Bonchev–Trinajstić information content (AvgIpc) is 2.02. The van der Waals surface area contributed by atoms with Gasteiger partial charge in [-0.15, -0.1) is 0 Å². The van der Waals surface area contributed by atoms with Gasteiger partial charge in [-0.1, -0.05) is 13.8 Å². The van der Waals surface area contributed by atoms with Crippen LogP contribution in [0.5, 0.6) is 5.75 Å². The lowest BCUT2D eigenvalue weighted by Crippen LogP contribution is -1.84. The van der Waals surface area contributed by atoms with Crippen molar-refractivity contribution in [1.82, 2.24) is 0 Å². The fourth-order valence-electron chi connectivity index (χ4n) is 0.530. The zero-order valence-corrected chi connectivity index (χ0v) is 6.63. The molecule has 0 heterocycles. The van der Waals surface area contributed by atoms with Crippen molar-refractivity contribution in [3.63, 3.8) is 0 Å². The Balaban J connectivity index is 0.000000461. The van der Waals surface area contributed by atoms with Gasteiger partial charge in [0.15, 0.2) is 11.6 Å². The summed E-state index contributed by atoms with van der Waals surface area (Å²) in [7, 11) is 0. The molecule has 0 aliphatic rings. The van der Waals surface area contributed by atoms with Gasteiger partial charge < -0.3 is 10.8 Å². The first-order valence-corrected chi connectivity index (χ1v) is 3.44. The van der Waals surface area contributed by atoms with Crippen LogP contribution >= 0.6 is 0 Å². The maximum Gasteiger partial charge on any atom is 0.164 e. The minimum absolute atomic E-state index is 0.355. The van der Waals surface area contributed by atoms with Crippen LogP contribution in [0.2, 0.25) is 0 Å². The van der Waals surface area contributed by atoms with Gasteiger partial charge in [-0.2, -0.15) is 0 Å². The second-order valence-corrected chi connectivity index (χ2v) is 1.71. The van der Waals surface area contributed by atoms with Crippen molar-refractivity contribution >= 4 is 5.69 Å². The van der Waals surface area contributed by atoms with Gasteiger partial charge in [-0.05, 0) is 12.1 Å². The molecule has 0 aromatic heterocycles. The number of phenolic OH excluding ortho intramolecular Hbond substituents is 1. The van der Waals surface area contributed by atoms with E-state index in [0.717, 1.165) is 12.1 Å². The molecule has 1 aromatic carbocycles. The molecule has 0 unspecified atom stereocenters. The third-order valence-corrected chi connectivity index (χ3v) is 0.970. The van der Waals surface area contributed by atoms with E-state index in [0.29, 0.717) is 5.69 Å². The number of benzene rings is 1. The summed E-state index contributed by atoms with van der Waals surface area (Å²) in [5.74, 6) is -1.06. The van der Waals surface area contributed by atoms with Crippen molar-refractivity contribution in [2.24, 2.45) is 0 Å². The summed E-state index contributed by atoms with van der Waals surface area (Å²) < 4.78 is 12.2. The second kappa shape index (κ2) is 4.55. The third kappa shape index (κ3) is 2.89.